The highest BCUT2D eigenvalue weighted by Crippen LogP contribution is 2.26. The van der Waals surface area contributed by atoms with Crippen LogP contribution in [0.25, 0.3) is 0 Å². The Balaban J connectivity index is 1.54. The van der Waals surface area contributed by atoms with Gasteiger partial charge in [-0.1, -0.05) is 0 Å². The molecule has 1 amide bonds. The van der Waals surface area contributed by atoms with Crippen LogP contribution in [0.15, 0.2) is 30.7 Å². The predicted molar refractivity (Wildman–Crippen MR) is 96.7 cm³/mol. The van der Waals surface area contributed by atoms with Crippen LogP contribution in [0.2, 0.25) is 0 Å². The SMILES string of the molecule is Cc1cc(NN2CNC(=O)c3cncnc32)ccc1N1CCNCC1. The minimum absolute atomic E-state index is 0.154. The van der Waals surface area contributed by atoms with E-state index in [1.165, 1.54) is 23.8 Å². The molecule has 25 heavy (non-hydrogen) atoms. The van der Waals surface area contributed by atoms with Gasteiger partial charge in [0.2, 0.25) is 0 Å². The topological polar surface area (TPSA) is 85.4 Å². The van der Waals surface area contributed by atoms with Gasteiger partial charge < -0.3 is 15.5 Å². The molecule has 0 unspecified atom stereocenters. The van der Waals surface area contributed by atoms with Crippen molar-refractivity contribution in [3.8, 4) is 0 Å². The fourth-order valence-corrected chi connectivity index (χ4v) is 3.25. The lowest BCUT2D eigenvalue weighted by Crippen LogP contribution is -2.47. The zero-order valence-electron chi connectivity index (χ0n) is 14.1. The van der Waals surface area contributed by atoms with Crippen LogP contribution in [-0.4, -0.2) is 48.7 Å². The van der Waals surface area contributed by atoms with Crippen molar-refractivity contribution >= 4 is 23.1 Å². The molecule has 2 aliphatic heterocycles. The van der Waals surface area contributed by atoms with E-state index in [4.69, 9.17) is 0 Å². The van der Waals surface area contributed by atoms with Gasteiger partial charge in [-0.3, -0.25) is 10.2 Å². The fraction of sp³-hybridized carbons (Fsp3) is 0.353. The van der Waals surface area contributed by atoms with Crippen molar-refractivity contribution in [1.82, 2.24) is 20.6 Å². The molecule has 8 nitrogen and oxygen atoms in total. The van der Waals surface area contributed by atoms with Crippen LogP contribution < -0.4 is 26.0 Å². The molecule has 1 aromatic carbocycles. The third kappa shape index (κ3) is 3.08. The van der Waals surface area contributed by atoms with Crippen molar-refractivity contribution in [3.05, 3.63) is 41.9 Å². The number of benzene rings is 1. The molecule has 2 aromatic rings. The minimum Gasteiger partial charge on any atom is -0.369 e. The smallest absolute Gasteiger partial charge is 0.258 e. The number of hydrogen-bond acceptors (Lipinski definition) is 7. The highest BCUT2D eigenvalue weighted by molar-refractivity contribution is 6.00. The second kappa shape index (κ2) is 6.56. The van der Waals surface area contributed by atoms with Crippen molar-refractivity contribution in [1.29, 1.82) is 0 Å². The number of amides is 1. The van der Waals surface area contributed by atoms with Crippen molar-refractivity contribution < 1.29 is 4.79 Å². The number of nitrogens with zero attached hydrogens (tertiary/aromatic N) is 4. The summed E-state index contributed by atoms with van der Waals surface area (Å²) in [6.07, 6.45) is 2.98. The number of aryl methyl sites for hydroxylation is 1. The number of hydrogen-bond donors (Lipinski definition) is 3. The average Bonchev–Trinajstić information content (AvgIpc) is 2.65. The molecule has 1 saturated heterocycles. The van der Waals surface area contributed by atoms with Crippen LogP contribution in [-0.2, 0) is 0 Å². The highest BCUT2D eigenvalue weighted by atomic mass is 16.2. The lowest BCUT2D eigenvalue weighted by molar-refractivity contribution is 0.0947. The molecule has 1 fully saturated rings. The molecule has 3 N–H and O–H groups in total. The number of aromatic nitrogens is 2. The van der Waals surface area contributed by atoms with Crippen LogP contribution in [0.3, 0.4) is 0 Å². The number of hydrazine groups is 1. The van der Waals surface area contributed by atoms with Crippen molar-refractivity contribution in [2.24, 2.45) is 0 Å². The van der Waals surface area contributed by atoms with Gasteiger partial charge in [-0.25, -0.2) is 15.0 Å². The molecule has 1 aromatic heterocycles. The van der Waals surface area contributed by atoms with Crippen LogP contribution in [0.1, 0.15) is 15.9 Å². The van der Waals surface area contributed by atoms with E-state index < -0.39 is 0 Å². The van der Waals surface area contributed by atoms with E-state index in [1.807, 2.05) is 5.01 Å². The summed E-state index contributed by atoms with van der Waals surface area (Å²) >= 11 is 0. The van der Waals surface area contributed by atoms with Crippen molar-refractivity contribution in [2.75, 3.05) is 48.2 Å². The van der Waals surface area contributed by atoms with E-state index in [9.17, 15) is 4.79 Å². The van der Waals surface area contributed by atoms with Crippen LogP contribution in [0, 0.1) is 6.92 Å². The first kappa shape index (κ1) is 15.6. The lowest BCUT2D eigenvalue weighted by atomic mass is 10.1. The average molecular weight is 339 g/mol. The predicted octanol–water partition coefficient (Wildman–Crippen LogP) is 0.729. The molecule has 0 aliphatic carbocycles. The summed E-state index contributed by atoms with van der Waals surface area (Å²) in [7, 11) is 0. The molecule has 130 valence electrons. The van der Waals surface area contributed by atoms with Crippen molar-refractivity contribution in [2.45, 2.75) is 6.92 Å². The molecule has 0 atom stereocenters. The lowest BCUT2D eigenvalue weighted by Gasteiger charge is -2.32. The van der Waals surface area contributed by atoms with E-state index in [1.54, 1.807) is 0 Å². The second-order valence-electron chi connectivity index (χ2n) is 6.20. The number of piperazine rings is 1. The third-order valence-corrected chi connectivity index (χ3v) is 4.51. The summed E-state index contributed by atoms with van der Waals surface area (Å²) in [6, 6.07) is 6.32. The van der Waals surface area contributed by atoms with E-state index in [-0.39, 0.29) is 5.91 Å². The Kier molecular flexibility index (Phi) is 4.10. The Morgan fingerprint density at radius 2 is 2.08 bits per heavy atom. The van der Waals surface area contributed by atoms with E-state index >= 15 is 0 Å². The van der Waals surface area contributed by atoms with Gasteiger partial charge in [0.05, 0.1) is 5.69 Å². The maximum absolute atomic E-state index is 11.9. The summed E-state index contributed by atoms with van der Waals surface area (Å²) in [5.74, 6) is 0.432. The largest absolute Gasteiger partial charge is 0.369 e. The number of anilines is 3. The molecule has 0 spiro atoms. The number of rotatable bonds is 3. The molecular weight excluding hydrogens is 318 g/mol. The Hall–Kier alpha value is -2.87. The normalized spacial score (nSPS) is 17.1. The van der Waals surface area contributed by atoms with E-state index in [0.717, 1.165) is 31.9 Å². The Morgan fingerprint density at radius 3 is 2.88 bits per heavy atom. The molecule has 0 bridgehead atoms. The maximum atomic E-state index is 11.9. The molecule has 8 heteroatoms. The Morgan fingerprint density at radius 1 is 1.24 bits per heavy atom. The summed E-state index contributed by atoms with van der Waals surface area (Å²) in [6.45, 7) is 6.55. The first-order valence-electron chi connectivity index (χ1n) is 8.41. The number of carbonyl (C=O) groups is 1. The van der Waals surface area contributed by atoms with E-state index in [2.05, 4.69) is 56.1 Å². The van der Waals surface area contributed by atoms with Gasteiger partial charge in [0.15, 0.2) is 5.82 Å². The van der Waals surface area contributed by atoms with Gasteiger partial charge in [0, 0.05) is 38.1 Å². The molecule has 2 aliphatic rings. The zero-order chi connectivity index (χ0) is 17.2. The standard InChI is InChI=1S/C17H21N7O/c1-12-8-13(2-3-15(12)23-6-4-18-5-7-23)22-24-11-21-17(25)14-9-19-10-20-16(14)24/h2-3,8-10,18,22H,4-7,11H2,1H3,(H,21,25). The van der Waals surface area contributed by atoms with Crippen LogP contribution >= 0.6 is 0 Å². The molecule has 0 saturated carbocycles. The summed E-state index contributed by atoms with van der Waals surface area (Å²) in [4.78, 5) is 22.5. The van der Waals surface area contributed by atoms with Gasteiger partial charge in [-0.05, 0) is 30.7 Å². The second-order valence-corrected chi connectivity index (χ2v) is 6.20. The number of carbonyl (C=O) groups excluding carboxylic acids is 1. The maximum Gasteiger partial charge on any atom is 0.258 e. The van der Waals surface area contributed by atoms with E-state index in [0.29, 0.717) is 18.1 Å². The Labute approximate surface area is 146 Å². The fourth-order valence-electron chi connectivity index (χ4n) is 3.25. The third-order valence-electron chi connectivity index (χ3n) is 4.51. The molecule has 4 rings (SSSR count). The number of fused-ring (bicyclic) bond motifs is 1. The highest BCUT2D eigenvalue weighted by Gasteiger charge is 2.24. The Bertz CT molecular complexity index is 788. The van der Waals surface area contributed by atoms with Gasteiger partial charge >= 0.3 is 0 Å². The molecule has 0 radical (unpaired) electrons. The zero-order valence-corrected chi connectivity index (χ0v) is 14.1. The number of nitrogens with one attached hydrogen (secondary N) is 3. The van der Waals surface area contributed by atoms with Crippen LogP contribution in [0.5, 0.6) is 0 Å². The van der Waals surface area contributed by atoms with Gasteiger partial charge in [0.1, 0.15) is 18.6 Å². The van der Waals surface area contributed by atoms with Gasteiger partial charge in [-0.2, -0.15) is 0 Å². The minimum atomic E-state index is -0.154. The summed E-state index contributed by atoms with van der Waals surface area (Å²) in [5, 5.41) is 8.01. The van der Waals surface area contributed by atoms with Gasteiger partial charge in [-0.15, -0.1) is 0 Å². The monoisotopic (exact) mass is 339 g/mol. The summed E-state index contributed by atoms with van der Waals surface area (Å²) in [5.41, 5.74) is 7.23. The quantitative estimate of drug-likeness (QED) is 0.760. The summed E-state index contributed by atoms with van der Waals surface area (Å²) < 4.78 is 0. The molecule has 3 heterocycles. The van der Waals surface area contributed by atoms with Gasteiger partial charge in [0.25, 0.3) is 5.91 Å². The first-order chi connectivity index (χ1) is 12.2. The molecular formula is C17H21N7O. The van der Waals surface area contributed by atoms with Crippen molar-refractivity contribution in [3.63, 3.8) is 0 Å². The first-order valence-corrected chi connectivity index (χ1v) is 8.41. The van der Waals surface area contributed by atoms with Crippen LogP contribution in [0.4, 0.5) is 17.2 Å².